The van der Waals surface area contributed by atoms with Crippen molar-refractivity contribution in [3.8, 4) is 0 Å². The molecule has 4 nitrogen and oxygen atoms in total. The summed E-state index contributed by atoms with van der Waals surface area (Å²) in [4.78, 5) is 34.5. The number of H-pyrrole nitrogens is 1. The fraction of sp³-hybridized carbons (Fsp3) is 0.179. The third-order valence-corrected chi connectivity index (χ3v) is 11.8. The van der Waals surface area contributed by atoms with Crippen molar-refractivity contribution in [1.29, 1.82) is 0 Å². The van der Waals surface area contributed by atoms with Gasteiger partial charge in [-0.25, -0.2) is 0 Å². The van der Waals surface area contributed by atoms with E-state index < -0.39 is 6.83 Å². The number of hydrogen-bond acceptors (Lipinski definition) is 5. The topological polar surface area (TPSA) is 66.0 Å². The normalized spacial score (nSPS) is 12.7. The van der Waals surface area contributed by atoms with Gasteiger partial charge in [0.25, 0.3) is 0 Å². The number of thioether (sulfide) groups is 1. The van der Waals surface area contributed by atoms with Crippen LogP contribution in [0.25, 0.3) is 0 Å². The zero-order chi connectivity index (χ0) is 25.2. The summed E-state index contributed by atoms with van der Waals surface area (Å²) in [6.07, 6.45) is 0. The predicted octanol–water partition coefficient (Wildman–Crippen LogP) is 6.24. The van der Waals surface area contributed by atoms with Crippen molar-refractivity contribution in [2.45, 2.75) is 31.7 Å². The number of aromatic amines is 1. The molecular weight excluding hydrogens is 491 g/mol. The number of nitrogens with one attached hydrogen (secondary N) is 1. The van der Waals surface area contributed by atoms with Gasteiger partial charge in [-0.1, -0.05) is 0 Å². The Hall–Kier alpha value is -2.63. The molecule has 0 saturated carbocycles. The Kier molecular flexibility index (Phi) is 7.12. The number of hydrogen-bond donors (Lipinski definition) is 2. The van der Waals surface area contributed by atoms with Gasteiger partial charge in [0.05, 0.1) is 0 Å². The van der Waals surface area contributed by atoms with Crippen molar-refractivity contribution in [3.05, 3.63) is 111 Å². The first kappa shape index (κ1) is 25.5. The average Bonchev–Trinajstić information content (AvgIpc) is 2.83. The van der Waals surface area contributed by atoms with Crippen LogP contribution < -0.4 is 10.6 Å². The number of carbonyl (C=O) groups excluding carboxylic acids is 1. The Morgan fingerprint density at radius 3 is 1.94 bits per heavy atom. The van der Waals surface area contributed by atoms with E-state index in [0.29, 0.717) is 26.6 Å². The molecule has 0 bridgehead atoms. The summed E-state index contributed by atoms with van der Waals surface area (Å²) in [7, 11) is 0. The summed E-state index contributed by atoms with van der Waals surface area (Å²) in [5.74, 6) is 0.685. The zero-order valence-corrected chi connectivity index (χ0v) is 22.8. The molecule has 2 N–H and O–H groups in total. The number of nitrogens with zero attached hydrogens (tertiary/aromatic N) is 1. The van der Waals surface area contributed by atoms with E-state index in [1.165, 1.54) is 0 Å². The predicted molar refractivity (Wildman–Crippen MR) is 151 cm³/mol. The van der Waals surface area contributed by atoms with Crippen LogP contribution in [0.15, 0.2) is 84.0 Å². The van der Waals surface area contributed by atoms with Gasteiger partial charge < -0.3 is 0 Å². The third kappa shape index (κ3) is 4.89. The second-order valence-corrected chi connectivity index (χ2v) is 14.9. The minimum absolute atomic E-state index is 0.216. The summed E-state index contributed by atoms with van der Waals surface area (Å²) in [5.41, 5.74) is 4.13. The molecule has 0 atom stereocenters. The molecule has 0 saturated heterocycles. The Bertz CT molecular complexity index is 1380. The molecule has 4 aromatic rings. The number of aryl methyl sites for hydroxylation is 3. The van der Waals surface area contributed by atoms with Gasteiger partial charge in [0, 0.05) is 0 Å². The second kappa shape index (κ2) is 9.79. The molecular formula is C28H29N2O2PS2. The van der Waals surface area contributed by atoms with Crippen LogP contribution in [0.1, 0.15) is 32.7 Å². The van der Waals surface area contributed by atoms with Gasteiger partial charge >= 0.3 is 216 Å². The number of aromatic nitrogens is 2. The second-order valence-electron chi connectivity index (χ2n) is 9.08. The van der Waals surface area contributed by atoms with E-state index in [-0.39, 0.29) is 5.52 Å². The van der Waals surface area contributed by atoms with E-state index in [1.807, 2.05) is 99.6 Å². The summed E-state index contributed by atoms with van der Waals surface area (Å²) < 4.78 is 0.566. The molecule has 0 aliphatic rings. The van der Waals surface area contributed by atoms with Gasteiger partial charge in [-0.15, -0.1) is 0 Å². The summed E-state index contributed by atoms with van der Waals surface area (Å²) >= 11 is 6.80. The van der Waals surface area contributed by atoms with Crippen LogP contribution in [0.2, 0.25) is 0 Å². The van der Waals surface area contributed by atoms with E-state index in [9.17, 15) is 9.69 Å². The molecule has 0 fully saturated rings. The molecule has 0 aliphatic heterocycles. The van der Waals surface area contributed by atoms with Crippen LogP contribution in [-0.4, -0.2) is 27.1 Å². The van der Waals surface area contributed by atoms with Crippen LogP contribution in [0.5, 0.6) is 0 Å². The van der Waals surface area contributed by atoms with Crippen molar-refractivity contribution >= 4 is 46.9 Å². The average molecular weight is 521 g/mol. The maximum absolute atomic E-state index is 14.4. The fourth-order valence-electron chi connectivity index (χ4n) is 4.49. The summed E-state index contributed by atoms with van der Waals surface area (Å²) in [5, 5.41) is 2.09. The van der Waals surface area contributed by atoms with Crippen molar-refractivity contribution in [2.75, 3.05) is 6.66 Å². The number of carbonyl (C=O) groups is 1. The van der Waals surface area contributed by atoms with E-state index in [1.54, 1.807) is 18.4 Å². The molecule has 7 heteroatoms. The third-order valence-electron chi connectivity index (χ3n) is 6.31. The summed E-state index contributed by atoms with van der Waals surface area (Å²) in [6, 6.07) is 24.6. The number of benzene rings is 3. The van der Waals surface area contributed by atoms with E-state index in [2.05, 4.69) is 9.97 Å². The first-order valence-corrected chi connectivity index (χ1v) is 15.4. The van der Waals surface area contributed by atoms with Crippen LogP contribution in [-0.2, 0) is 5.75 Å². The van der Waals surface area contributed by atoms with Gasteiger partial charge in [-0.2, -0.15) is 0 Å². The molecule has 0 radical (unpaired) electrons. The molecule has 35 heavy (non-hydrogen) atoms. The van der Waals surface area contributed by atoms with Crippen molar-refractivity contribution in [1.82, 2.24) is 9.97 Å². The maximum atomic E-state index is 14.4. The molecule has 4 rings (SSSR count). The first-order valence-electron chi connectivity index (χ1n) is 11.3. The molecule has 3 aromatic carbocycles. The van der Waals surface area contributed by atoms with Gasteiger partial charge in [0.2, 0.25) is 0 Å². The van der Waals surface area contributed by atoms with E-state index >= 15 is 0 Å². The van der Waals surface area contributed by atoms with Crippen molar-refractivity contribution < 1.29 is 9.69 Å². The quantitative estimate of drug-likeness (QED) is 0.131. The first-order chi connectivity index (χ1) is 16.6. The minimum atomic E-state index is -4.19. The van der Waals surface area contributed by atoms with Crippen molar-refractivity contribution in [3.63, 3.8) is 0 Å². The number of rotatable bonds is 7. The molecule has 180 valence electrons. The van der Waals surface area contributed by atoms with Crippen molar-refractivity contribution in [2.24, 2.45) is 0 Å². The van der Waals surface area contributed by atoms with Gasteiger partial charge in [0.15, 0.2) is 0 Å². The van der Waals surface area contributed by atoms with Crippen LogP contribution in [0.4, 0.5) is 0 Å². The Morgan fingerprint density at radius 2 is 1.46 bits per heavy atom. The summed E-state index contributed by atoms with van der Waals surface area (Å²) in [6.45, 7) is 3.40. The monoisotopic (exact) mass is 520 g/mol. The van der Waals surface area contributed by atoms with E-state index in [4.69, 9.17) is 12.2 Å². The molecule has 0 spiro atoms. The fourth-order valence-corrected chi connectivity index (χ4v) is 9.15. The van der Waals surface area contributed by atoms with Gasteiger partial charge in [-0.3, -0.25) is 0 Å². The Balaban J connectivity index is 1.75. The van der Waals surface area contributed by atoms with Crippen LogP contribution >= 0.6 is 30.8 Å². The molecule has 1 heterocycles. The zero-order valence-electron chi connectivity index (χ0n) is 20.3. The van der Waals surface area contributed by atoms with Gasteiger partial charge in [0.1, 0.15) is 0 Å². The van der Waals surface area contributed by atoms with Crippen LogP contribution in [0.3, 0.4) is 0 Å². The molecule has 0 aliphatic carbocycles. The molecule has 0 amide bonds. The van der Waals surface area contributed by atoms with Gasteiger partial charge in [-0.05, 0) is 0 Å². The molecule has 0 unspecified atom stereocenters. The van der Waals surface area contributed by atoms with Crippen LogP contribution in [0, 0.1) is 25.4 Å². The SMILES string of the molecule is Cc1cc(=S)nc(SCc2cc(C)c(C(=O)P(C)(O)(c3ccccc3)c3ccccc3)c(C)c2)[nH]1. The van der Waals surface area contributed by atoms with E-state index in [0.717, 1.165) is 27.5 Å². The Labute approximate surface area is 215 Å². The molecule has 1 aromatic heterocycles. The standard InChI is InChI=1S/C28H29N2O2PS2/c1-19-15-22(18-35-28-29-21(3)17-25(34)30-28)16-20(2)26(19)27(31)33(4,32,23-11-7-5-8-12-23)24-13-9-6-10-14-24/h5-17,32H,18H2,1-4H3,(H,29,30,34). The Morgan fingerprint density at radius 1 is 0.943 bits per heavy atom.